The fraction of sp³-hybridized carbons (Fsp3) is 0.286. The number of fused-ring (bicyclic) bond motifs is 1. The summed E-state index contributed by atoms with van der Waals surface area (Å²) in [4.78, 5) is 30.2. The second-order valence-electron chi connectivity index (χ2n) is 6.78. The zero-order valence-electron chi connectivity index (χ0n) is 16.6. The number of carbonyl (C=O) groups excluding carboxylic acids is 1. The molecule has 1 aromatic heterocycles. The van der Waals surface area contributed by atoms with Gasteiger partial charge in [0.2, 0.25) is 5.91 Å². The molecule has 0 aliphatic heterocycles. The number of halogens is 1. The van der Waals surface area contributed by atoms with Crippen LogP contribution in [-0.2, 0) is 4.79 Å². The molecule has 0 bridgehead atoms. The average Bonchev–Trinajstić information content (AvgIpc) is 2.68. The van der Waals surface area contributed by atoms with Crippen LogP contribution in [0, 0.1) is 0 Å². The molecular formula is C21H22ClN3O3S. The molecule has 6 nitrogen and oxygen atoms in total. The molecule has 0 aliphatic carbocycles. The Kier molecular flexibility index (Phi) is 6.49. The molecule has 3 aromatic rings. The molecule has 8 heteroatoms. The second-order valence-corrected chi connectivity index (χ2v) is 8.49. The highest BCUT2D eigenvalue weighted by molar-refractivity contribution is 8.00. The molecule has 1 amide bonds. The lowest BCUT2D eigenvalue weighted by atomic mass is 10.2. The molecule has 1 unspecified atom stereocenters. The Bertz CT molecular complexity index is 1110. The van der Waals surface area contributed by atoms with Gasteiger partial charge in [0.15, 0.2) is 5.16 Å². The van der Waals surface area contributed by atoms with Crippen molar-refractivity contribution in [2.24, 2.45) is 0 Å². The van der Waals surface area contributed by atoms with Gasteiger partial charge in [0, 0.05) is 11.7 Å². The van der Waals surface area contributed by atoms with Gasteiger partial charge in [-0.25, -0.2) is 4.98 Å². The molecular weight excluding hydrogens is 410 g/mol. The Hall–Kier alpha value is -2.51. The van der Waals surface area contributed by atoms with E-state index >= 15 is 0 Å². The molecule has 0 radical (unpaired) electrons. The predicted octanol–water partition coefficient (Wildman–Crippen LogP) is 4.76. The molecule has 0 aliphatic rings. The SMILES string of the molecule is COc1ccc(NC(=O)C(C)Sc2nc3ccccc3c(=O)n2C(C)C)cc1Cl. The summed E-state index contributed by atoms with van der Waals surface area (Å²) in [5, 5.41) is 3.85. The molecule has 1 N–H and O–H groups in total. The standard InChI is InChI=1S/C21H22ClN3O3S/c1-12(2)25-20(27)15-7-5-6-8-17(15)24-21(25)29-13(3)19(26)23-14-9-10-18(28-4)16(22)11-14/h5-13H,1-4H3,(H,23,26). The van der Waals surface area contributed by atoms with Crippen LogP contribution in [0.2, 0.25) is 5.02 Å². The van der Waals surface area contributed by atoms with Gasteiger partial charge in [-0.05, 0) is 51.1 Å². The third-order valence-corrected chi connectivity index (χ3v) is 5.72. The first-order valence-corrected chi connectivity index (χ1v) is 10.4. The van der Waals surface area contributed by atoms with E-state index in [-0.39, 0.29) is 17.5 Å². The van der Waals surface area contributed by atoms with Gasteiger partial charge in [-0.15, -0.1) is 0 Å². The number of hydrogen-bond acceptors (Lipinski definition) is 5. The topological polar surface area (TPSA) is 73.2 Å². The summed E-state index contributed by atoms with van der Waals surface area (Å²) < 4.78 is 6.75. The first-order chi connectivity index (χ1) is 13.8. The van der Waals surface area contributed by atoms with Crippen LogP contribution in [0.3, 0.4) is 0 Å². The van der Waals surface area contributed by atoms with E-state index < -0.39 is 5.25 Å². The molecule has 0 saturated carbocycles. The quantitative estimate of drug-likeness (QED) is 0.450. The van der Waals surface area contributed by atoms with E-state index in [2.05, 4.69) is 10.3 Å². The number of amides is 1. The van der Waals surface area contributed by atoms with Crippen molar-refractivity contribution >= 4 is 45.9 Å². The number of methoxy groups -OCH3 is 1. The number of benzene rings is 2. The van der Waals surface area contributed by atoms with Crippen molar-refractivity contribution in [1.29, 1.82) is 0 Å². The number of carbonyl (C=O) groups is 1. The first-order valence-electron chi connectivity index (χ1n) is 9.14. The lowest BCUT2D eigenvalue weighted by molar-refractivity contribution is -0.115. The van der Waals surface area contributed by atoms with Crippen molar-refractivity contribution in [1.82, 2.24) is 9.55 Å². The first kappa shape index (κ1) is 21.2. The van der Waals surface area contributed by atoms with Gasteiger partial charge < -0.3 is 10.1 Å². The summed E-state index contributed by atoms with van der Waals surface area (Å²) in [6, 6.07) is 12.2. The number of nitrogens with zero attached hydrogens (tertiary/aromatic N) is 2. The van der Waals surface area contributed by atoms with Crippen LogP contribution in [0.4, 0.5) is 5.69 Å². The summed E-state index contributed by atoms with van der Waals surface area (Å²) in [7, 11) is 1.53. The van der Waals surface area contributed by atoms with Crippen molar-refractivity contribution in [3.63, 3.8) is 0 Å². The van der Waals surface area contributed by atoms with Crippen LogP contribution >= 0.6 is 23.4 Å². The second kappa shape index (κ2) is 8.88. The van der Waals surface area contributed by atoms with Gasteiger partial charge in [0.05, 0.1) is 28.3 Å². The zero-order chi connectivity index (χ0) is 21.1. The third-order valence-electron chi connectivity index (χ3n) is 4.36. The zero-order valence-corrected chi connectivity index (χ0v) is 18.2. The van der Waals surface area contributed by atoms with E-state index in [1.54, 1.807) is 41.8 Å². The lowest BCUT2D eigenvalue weighted by Gasteiger charge is -2.18. The molecule has 1 heterocycles. The van der Waals surface area contributed by atoms with Gasteiger partial charge in [-0.1, -0.05) is 35.5 Å². The van der Waals surface area contributed by atoms with Gasteiger partial charge in [0.25, 0.3) is 5.56 Å². The maximum atomic E-state index is 12.9. The van der Waals surface area contributed by atoms with Crippen LogP contribution in [0.5, 0.6) is 5.75 Å². The van der Waals surface area contributed by atoms with E-state index in [1.807, 2.05) is 26.0 Å². The van der Waals surface area contributed by atoms with Gasteiger partial charge in [-0.3, -0.25) is 14.2 Å². The van der Waals surface area contributed by atoms with Crippen molar-refractivity contribution < 1.29 is 9.53 Å². The van der Waals surface area contributed by atoms with Crippen molar-refractivity contribution in [2.45, 2.75) is 37.2 Å². The van der Waals surface area contributed by atoms with Crippen molar-refractivity contribution in [3.8, 4) is 5.75 Å². The van der Waals surface area contributed by atoms with Crippen LogP contribution in [-0.4, -0.2) is 27.8 Å². The van der Waals surface area contributed by atoms with Gasteiger partial charge >= 0.3 is 0 Å². The minimum Gasteiger partial charge on any atom is -0.495 e. The monoisotopic (exact) mass is 431 g/mol. The predicted molar refractivity (Wildman–Crippen MR) is 118 cm³/mol. The Labute approximate surface area is 178 Å². The Morgan fingerprint density at radius 2 is 1.93 bits per heavy atom. The fourth-order valence-electron chi connectivity index (χ4n) is 2.86. The lowest BCUT2D eigenvalue weighted by Crippen LogP contribution is -2.28. The number of para-hydroxylation sites is 1. The summed E-state index contributed by atoms with van der Waals surface area (Å²) in [5.74, 6) is 0.322. The van der Waals surface area contributed by atoms with E-state index in [1.165, 1.54) is 18.9 Å². The summed E-state index contributed by atoms with van der Waals surface area (Å²) >= 11 is 7.37. The summed E-state index contributed by atoms with van der Waals surface area (Å²) in [5.41, 5.74) is 1.08. The minimum absolute atomic E-state index is 0.0854. The fourth-order valence-corrected chi connectivity index (χ4v) is 4.16. The minimum atomic E-state index is -0.478. The highest BCUT2D eigenvalue weighted by Crippen LogP contribution is 2.29. The number of hydrogen-bond donors (Lipinski definition) is 1. The third kappa shape index (κ3) is 4.57. The normalized spacial score (nSPS) is 12.2. The number of nitrogens with one attached hydrogen (secondary N) is 1. The molecule has 0 fully saturated rings. The maximum Gasteiger partial charge on any atom is 0.262 e. The molecule has 29 heavy (non-hydrogen) atoms. The van der Waals surface area contributed by atoms with E-state index in [0.717, 1.165) is 0 Å². The highest BCUT2D eigenvalue weighted by atomic mass is 35.5. The Morgan fingerprint density at radius 3 is 2.59 bits per heavy atom. The van der Waals surface area contributed by atoms with Crippen molar-refractivity contribution in [2.75, 3.05) is 12.4 Å². The molecule has 0 saturated heterocycles. The molecule has 152 valence electrons. The Balaban J connectivity index is 1.86. The number of thioether (sulfide) groups is 1. The number of anilines is 1. The number of rotatable bonds is 6. The number of ether oxygens (including phenoxy) is 1. The average molecular weight is 432 g/mol. The summed E-state index contributed by atoms with van der Waals surface area (Å²) in [6.07, 6.45) is 0. The van der Waals surface area contributed by atoms with Crippen LogP contribution in [0.1, 0.15) is 26.8 Å². The van der Waals surface area contributed by atoms with E-state index in [9.17, 15) is 9.59 Å². The highest BCUT2D eigenvalue weighted by Gasteiger charge is 2.21. The van der Waals surface area contributed by atoms with E-state index in [0.29, 0.717) is 32.5 Å². The van der Waals surface area contributed by atoms with Crippen LogP contribution in [0.25, 0.3) is 10.9 Å². The maximum absolute atomic E-state index is 12.9. The smallest absolute Gasteiger partial charge is 0.262 e. The molecule has 2 aromatic carbocycles. The van der Waals surface area contributed by atoms with Crippen LogP contribution in [0.15, 0.2) is 52.4 Å². The van der Waals surface area contributed by atoms with Gasteiger partial charge in [0.1, 0.15) is 5.75 Å². The van der Waals surface area contributed by atoms with Gasteiger partial charge in [-0.2, -0.15) is 0 Å². The molecule has 0 spiro atoms. The van der Waals surface area contributed by atoms with E-state index in [4.69, 9.17) is 16.3 Å². The number of aromatic nitrogens is 2. The van der Waals surface area contributed by atoms with Crippen LogP contribution < -0.4 is 15.6 Å². The Morgan fingerprint density at radius 1 is 1.21 bits per heavy atom. The largest absolute Gasteiger partial charge is 0.495 e. The molecule has 1 atom stereocenters. The van der Waals surface area contributed by atoms with Crippen molar-refractivity contribution in [3.05, 3.63) is 57.8 Å². The summed E-state index contributed by atoms with van der Waals surface area (Å²) in [6.45, 7) is 5.62. The molecule has 3 rings (SSSR count).